The first-order valence-corrected chi connectivity index (χ1v) is 5.80. The molecule has 1 amide bonds. The minimum absolute atomic E-state index is 0.416. The Balaban J connectivity index is 2.77. The highest BCUT2D eigenvalue weighted by Crippen LogP contribution is 2.25. The number of carbonyl (C=O) groups is 1. The molecule has 0 unspecified atom stereocenters. The van der Waals surface area contributed by atoms with E-state index >= 15 is 0 Å². The number of hydrogen-bond acceptors (Lipinski definition) is 4. The number of ether oxygens (including phenoxy) is 2. The van der Waals surface area contributed by atoms with Crippen molar-refractivity contribution in [3.05, 3.63) is 16.7 Å². The molecule has 0 aromatic carbocycles. The summed E-state index contributed by atoms with van der Waals surface area (Å²) < 4.78 is 10.8. The van der Waals surface area contributed by atoms with Gasteiger partial charge in [-0.25, -0.2) is 9.78 Å². The third-order valence-electron chi connectivity index (χ3n) is 1.68. The van der Waals surface area contributed by atoms with Crippen molar-refractivity contribution in [1.29, 1.82) is 0 Å². The Hall–Kier alpha value is -1.30. The fraction of sp³-hybridized carbons (Fsp3) is 0.455. The number of pyridine rings is 1. The van der Waals surface area contributed by atoms with Gasteiger partial charge in [0.1, 0.15) is 5.60 Å². The Morgan fingerprint density at radius 1 is 1.47 bits per heavy atom. The van der Waals surface area contributed by atoms with Crippen LogP contribution in [0.1, 0.15) is 20.8 Å². The van der Waals surface area contributed by atoms with Crippen LogP contribution in [0.4, 0.5) is 10.5 Å². The van der Waals surface area contributed by atoms with Gasteiger partial charge in [-0.15, -0.1) is 0 Å². The van der Waals surface area contributed by atoms with E-state index in [4.69, 9.17) is 9.47 Å². The zero-order valence-electron chi connectivity index (χ0n) is 10.2. The highest BCUT2D eigenvalue weighted by atomic mass is 79.9. The zero-order chi connectivity index (χ0) is 13.1. The van der Waals surface area contributed by atoms with E-state index < -0.39 is 11.7 Å². The fourth-order valence-corrected chi connectivity index (χ4v) is 1.36. The topological polar surface area (TPSA) is 60.5 Å². The summed E-state index contributed by atoms with van der Waals surface area (Å²) >= 11 is 3.28. The number of rotatable bonds is 2. The molecule has 0 atom stereocenters. The fourth-order valence-electron chi connectivity index (χ4n) is 1.04. The van der Waals surface area contributed by atoms with E-state index in [0.29, 0.717) is 16.0 Å². The Bertz CT molecular complexity index is 416. The van der Waals surface area contributed by atoms with Crippen molar-refractivity contribution in [3.8, 4) is 5.88 Å². The van der Waals surface area contributed by atoms with Gasteiger partial charge in [0.15, 0.2) is 0 Å². The van der Waals surface area contributed by atoms with Gasteiger partial charge in [0, 0.05) is 12.3 Å². The molecule has 0 spiro atoms. The van der Waals surface area contributed by atoms with Gasteiger partial charge in [0.2, 0.25) is 5.88 Å². The zero-order valence-corrected chi connectivity index (χ0v) is 11.8. The van der Waals surface area contributed by atoms with Crippen LogP contribution in [0.2, 0.25) is 0 Å². The highest BCUT2D eigenvalue weighted by Gasteiger charge is 2.17. The molecule has 1 aromatic heterocycles. The molecular weight excluding hydrogens is 288 g/mol. The van der Waals surface area contributed by atoms with Gasteiger partial charge in [0.25, 0.3) is 0 Å². The minimum atomic E-state index is -0.534. The van der Waals surface area contributed by atoms with Crippen LogP contribution in [-0.4, -0.2) is 23.8 Å². The predicted octanol–water partition coefficient (Wildman–Crippen LogP) is 3.20. The molecule has 0 bridgehead atoms. The van der Waals surface area contributed by atoms with Crippen molar-refractivity contribution in [1.82, 2.24) is 4.98 Å². The molecule has 0 radical (unpaired) electrons. The van der Waals surface area contributed by atoms with Crippen molar-refractivity contribution < 1.29 is 14.3 Å². The van der Waals surface area contributed by atoms with E-state index in [-0.39, 0.29) is 0 Å². The van der Waals surface area contributed by atoms with E-state index in [1.54, 1.807) is 33.0 Å². The van der Waals surface area contributed by atoms with Crippen LogP contribution in [0.25, 0.3) is 0 Å². The standard InChI is InChI=1S/C11H15BrN2O3/c1-11(2,3)17-10(15)14-8-5-9(16-4)13-6-7(8)12/h5-6H,1-4H3,(H,13,14,15). The molecule has 17 heavy (non-hydrogen) atoms. The van der Waals surface area contributed by atoms with Crippen LogP contribution < -0.4 is 10.1 Å². The molecule has 5 nitrogen and oxygen atoms in total. The molecular formula is C11H15BrN2O3. The maximum Gasteiger partial charge on any atom is 0.412 e. The first-order valence-electron chi connectivity index (χ1n) is 5.01. The van der Waals surface area contributed by atoms with E-state index in [2.05, 4.69) is 26.2 Å². The quantitative estimate of drug-likeness (QED) is 0.911. The maximum atomic E-state index is 11.6. The second kappa shape index (κ2) is 5.35. The van der Waals surface area contributed by atoms with E-state index in [9.17, 15) is 4.79 Å². The van der Waals surface area contributed by atoms with Crippen molar-refractivity contribution in [2.45, 2.75) is 26.4 Å². The van der Waals surface area contributed by atoms with Gasteiger partial charge in [-0.3, -0.25) is 5.32 Å². The van der Waals surface area contributed by atoms with E-state index in [1.165, 1.54) is 7.11 Å². The van der Waals surface area contributed by atoms with Crippen molar-refractivity contribution in [2.24, 2.45) is 0 Å². The van der Waals surface area contributed by atoms with E-state index in [1.807, 2.05) is 0 Å². The number of aromatic nitrogens is 1. The van der Waals surface area contributed by atoms with Crippen molar-refractivity contribution in [3.63, 3.8) is 0 Å². The number of halogens is 1. The normalized spacial score (nSPS) is 10.9. The lowest BCUT2D eigenvalue weighted by Gasteiger charge is -2.20. The number of methoxy groups -OCH3 is 1. The molecule has 0 saturated heterocycles. The van der Waals surface area contributed by atoms with Crippen molar-refractivity contribution in [2.75, 3.05) is 12.4 Å². The molecule has 6 heteroatoms. The van der Waals surface area contributed by atoms with Crippen LogP contribution in [0.3, 0.4) is 0 Å². The van der Waals surface area contributed by atoms with Crippen LogP contribution in [0.5, 0.6) is 5.88 Å². The number of nitrogens with one attached hydrogen (secondary N) is 1. The Morgan fingerprint density at radius 3 is 2.65 bits per heavy atom. The monoisotopic (exact) mass is 302 g/mol. The summed E-state index contributed by atoms with van der Waals surface area (Å²) in [6.45, 7) is 5.40. The summed E-state index contributed by atoms with van der Waals surface area (Å²) in [7, 11) is 1.51. The molecule has 0 saturated carbocycles. The van der Waals surface area contributed by atoms with Gasteiger partial charge >= 0.3 is 6.09 Å². The average Bonchev–Trinajstić information content (AvgIpc) is 2.18. The minimum Gasteiger partial charge on any atom is -0.481 e. The lowest BCUT2D eigenvalue weighted by atomic mass is 10.2. The summed E-state index contributed by atoms with van der Waals surface area (Å²) in [4.78, 5) is 15.5. The molecule has 0 aliphatic rings. The predicted molar refractivity (Wildman–Crippen MR) is 68.3 cm³/mol. The molecule has 0 aliphatic heterocycles. The lowest BCUT2D eigenvalue weighted by molar-refractivity contribution is 0.0636. The second-order valence-corrected chi connectivity index (χ2v) is 5.19. The molecule has 1 rings (SSSR count). The largest absolute Gasteiger partial charge is 0.481 e. The summed E-state index contributed by atoms with van der Waals surface area (Å²) in [6.07, 6.45) is 1.03. The van der Waals surface area contributed by atoms with Gasteiger partial charge in [-0.1, -0.05) is 0 Å². The second-order valence-electron chi connectivity index (χ2n) is 4.33. The summed E-state index contributed by atoms with van der Waals surface area (Å²) in [5, 5.41) is 2.61. The summed E-state index contributed by atoms with van der Waals surface area (Å²) in [5.41, 5.74) is 0.0133. The van der Waals surface area contributed by atoms with Gasteiger partial charge in [-0.05, 0) is 36.7 Å². The number of anilines is 1. The molecule has 94 valence electrons. The lowest BCUT2D eigenvalue weighted by Crippen LogP contribution is -2.27. The third-order valence-corrected chi connectivity index (χ3v) is 2.31. The van der Waals surface area contributed by atoms with Gasteiger partial charge < -0.3 is 9.47 Å². The number of nitrogens with zero attached hydrogens (tertiary/aromatic N) is 1. The van der Waals surface area contributed by atoms with Crippen LogP contribution in [-0.2, 0) is 4.74 Å². The Morgan fingerprint density at radius 2 is 2.12 bits per heavy atom. The Labute approximate surface area is 109 Å². The number of hydrogen-bond donors (Lipinski definition) is 1. The number of amides is 1. The van der Waals surface area contributed by atoms with Crippen LogP contribution >= 0.6 is 15.9 Å². The molecule has 0 fully saturated rings. The average molecular weight is 303 g/mol. The highest BCUT2D eigenvalue weighted by molar-refractivity contribution is 9.10. The smallest absolute Gasteiger partial charge is 0.412 e. The third kappa shape index (κ3) is 4.60. The number of carbonyl (C=O) groups excluding carboxylic acids is 1. The van der Waals surface area contributed by atoms with Crippen molar-refractivity contribution >= 4 is 27.7 Å². The first-order chi connectivity index (χ1) is 7.81. The summed E-state index contributed by atoms with van der Waals surface area (Å²) in [6, 6.07) is 1.61. The van der Waals surface area contributed by atoms with Crippen LogP contribution in [0, 0.1) is 0 Å². The maximum absolute atomic E-state index is 11.6. The van der Waals surface area contributed by atoms with Crippen LogP contribution in [0.15, 0.2) is 16.7 Å². The van der Waals surface area contributed by atoms with E-state index in [0.717, 1.165) is 0 Å². The summed E-state index contributed by atoms with van der Waals surface area (Å²) in [5.74, 6) is 0.416. The molecule has 1 heterocycles. The van der Waals surface area contributed by atoms with Gasteiger partial charge in [0.05, 0.1) is 17.3 Å². The SMILES string of the molecule is COc1cc(NC(=O)OC(C)(C)C)c(Br)cn1. The first kappa shape index (κ1) is 13.8. The molecule has 1 N–H and O–H groups in total. The molecule has 1 aromatic rings. The van der Waals surface area contributed by atoms with Gasteiger partial charge in [-0.2, -0.15) is 0 Å². The Kier molecular flexibility index (Phi) is 4.34. The molecule has 0 aliphatic carbocycles.